The summed E-state index contributed by atoms with van der Waals surface area (Å²) in [5, 5.41) is 0.561. The molecule has 1 aromatic carbocycles. The zero-order valence-electron chi connectivity index (χ0n) is 11.5. The molecule has 3 rings (SSSR count). The van der Waals surface area contributed by atoms with E-state index >= 15 is 0 Å². The van der Waals surface area contributed by atoms with Gasteiger partial charge in [0, 0.05) is 23.2 Å². The molecule has 2 aromatic heterocycles. The smallest absolute Gasteiger partial charge is 0.397 e. The minimum Gasteiger partial charge on any atom is -0.397 e. The molecule has 6 nitrogen and oxygen atoms in total. The van der Waals surface area contributed by atoms with Crippen LogP contribution in [-0.4, -0.2) is 22.6 Å². The van der Waals surface area contributed by atoms with Crippen molar-refractivity contribution in [2.24, 2.45) is 5.73 Å². The second kappa shape index (κ2) is 5.98. The Hall–Kier alpha value is -2.06. The van der Waals surface area contributed by atoms with Crippen molar-refractivity contribution in [3.63, 3.8) is 0 Å². The van der Waals surface area contributed by atoms with E-state index < -0.39 is 17.1 Å². The molecule has 0 spiro atoms. The lowest BCUT2D eigenvalue weighted by Crippen LogP contribution is -2.23. The van der Waals surface area contributed by atoms with Gasteiger partial charge in [-0.25, -0.2) is 14.0 Å². The summed E-state index contributed by atoms with van der Waals surface area (Å²) in [4.78, 5) is 22.8. The first-order chi connectivity index (χ1) is 10.6. The third-order valence-electron chi connectivity index (χ3n) is 3.23. The van der Waals surface area contributed by atoms with E-state index in [-0.39, 0.29) is 5.71 Å². The largest absolute Gasteiger partial charge is 0.442 e. The summed E-state index contributed by atoms with van der Waals surface area (Å²) >= 11 is 1.64. The quantitative estimate of drug-likeness (QED) is 0.563. The van der Waals surface area contributed by atoms with Gasteiger partial charge in [-0.3, -0.25) is 0 Å². The fourth-order valence-corrected chi connectivity index (χ4v) is 3.04. The van der Waals surface area contributed by atoms with E-state index in [2.05, 4.69) is 0 Å². The number of thioether (sulfide) groups is 1. The van der Waals surface area contributed by atoms with E-state index in [9.17, 15) is 14.0 Å². The van der Waals surface area contributed by atoms with Crippen LogP contribution in [0, 0.1) is 5.82 Å². The number of rotatable bonds is 5. The van der Waals surface area contributed by atoms with Gasteiger partial charge in [0.1, 0.15) is 5.82 Å². The Morgan fingerprint density at radius 2 is 2.05 bits per heavy atom. The highest BCUT2D eigenvalue weighted by Crippen LogP contribution is 2.27. The van der Waals surface area contributed by atoms with Gasteiger partial charge in [0.15, 0.2) is 0 Å². The first kappa shape index (κ1) is 14.9. The van der Waals surface area contributed by atoms with Gasteiger partial charge in [0.25, 0.3) is 0 Å². The maximum Gasteiger partial charge on any atom is 0.442 e. The van der Waals surface area contributed by atoms with Gasteiger partial charge in [0.05, 0.1) is 5.52 Å². The molecule has 0 aliphatic heterocycles. The van der Waals surface area contributed by atoms with Gasteiger partial charge in [-0.15, -0.1) is 4.57 Å². The van der Waals surface area contributed by atoms with Gasteiger partial charge in [-0.2, -0.15) is 11.8 Å². The number of nitrogens with zero attached hydrogens (tertiary/aromatic N) is 1. The molecule has 0 fully saturated rings. The van der Waals surface area contributed by atoms with Crippen LogP contribution in [0.5, 0.6) is 0 Å². The van der Waals surface area contributed by atoms with Crippen molar-refractivity contribution in [1.29, 1.82) is 0 Å². The number of hydrogen-bond acceptors (Lipinski definition) is 6. The SMILES string of the molecule is NCCSCCc1c2cc(F)ccc2n2oc(=O)c(=O)oc12. The van der Waals surface area contributed by atoms with Crippen molar-refractivity contribution in [2.75, 3.05) is 18.1 Å². The average molecular weight is 324 g/mol. The standard InChI is InChI=1S/C14H13FN2O4S/c15-8-1-2-11-10(7-8)9(3-5-22-6-4-16)12-17(11)21-14(19)13(18)20-12/h1-2,7H,3-6,16H2. The molecule has 0 saturated heterocycles. The van der Waals surface area contributed by atoms with Crippen molar-refractivity contribution >= 4 is 28.4 Å². The van der Waals surface area contributed by atoms with Gasteiger partial charge in [-0.1, -0.05) is 0 Å². The van der Waals surface area contributed by atoms with E-state index in [1.165, 1.54) is 18.2 Å². The molecule has 22 heavy (non-hydrogen) atoms. The van der Waals surface area contributed by atoms with Crippen LogP contribution in [0.15, 0.2) is 36.7 Å². The van der Waals surface area contributed by atoms with Crippen LogP contribution in [-0.2, 0) is 6.42 Å². The molecule has 2 N–H and O–H groups in total. The van der Waals surface area contributed by atoms with Gasteiger partial charge < -0.3 is 14.7 Å². The number of hydrogen-bond donors (Lipinski definition) is 1. The molecular formula is C14H13FN2O4S. The van der Waals surface area contributed by atoms with Gasteiger partial charge >= 0.3 is 11.3 Å². The summed E-state index contributed by atoms with van der Waals surface area (Å²) in [6.07, 6.45) is 0.539. The van der Waals surface area contributed by atoms with Crippen LogP contribution in [0.2, 0.25) is 0 Å². The third kappa shape index (κ3) is 2.55. The molecule has 0 atom stereocenters. The maximum atomic E-state index is 13.5. The number of aryl methyl sites for hydroxylation is 1. The molecule has 0 aliphatic carbocycles. The van der Waals surface area contributed by atoms with Crippen LogP contribution in [0.4, 0.5) is 4.39 Å². The molecule has 2 heterocycles. The molecule has 0 saturated carbocycles. The van der Waals surface area contributed by atoms with Crippen LogP contribution in [0.3, 0.4) is 0 Å². The predicted molar refractivity (Wildman–Crippen MR) is 82.0 cm³/mol. The zero-order valence-corrected chi connectivity index (χ0v) is 12.3. The Balaban J connectivity index is 2.20. The number of benzene rings is 1. The van der Waals surface area contributed by atoms with Crippen LogP contribution >= 0.6 is 11.8 Å². The minimum absolute atomic E-state index is 0.138. The summed E-state index contributed by atoms with van der Waals surface area (Å²) in [5.74, 6) is 1.12. The van der Waals surface area contributed by atoms with E-state index in [0.29, 0.717) is 29.4 Å². The van der Waals surface area contributed by atoms with Crippen LogP contribution in [0.1, 0.15) is 5.56 Å². The van der Waals surface area contributed by atoms with E-state index in [1.807, 2.05) is 0 Å². The predicted octanol–water partition coefficient (Wildman–Crippen LogP) is 1.37. The fraction of sp³-hybridized carbons (Fsp3) is 0.286. The van der Waals surface area contributed by atoms with Crippen LogP contribution < -0.4 is 17.0 Å². The molecule has 116 valence electrons. The molecule has 8 heteroatoms. The Morgan fingerprint density at radius 3 is 2.82 bits per heavy atom. The van der Waals surface area contributed by atoms with E-state index in [0.717, 1.165) is 16.1 Å². The maximum absolute atomic E-state index is 13.5. The Kier molecular flexibility index (Phi) is 4.04. The van der Waals surface area contributed by atoms with E-state index in [4.69, 9.17) is 14.7 Å². The molecule has 0 unspecified atom stereocenters. The summed E-state index contributed by atoms with van der Waals surface area (Å²) in [6, 6.07) is 4.08. The molecule has 3 aromatic rings. The van der Waals surface area contributed by atoms with Crippen molar-refractivity contribution in [3.05, 3.63) is 50.4 Å². The van der Waals surface area contributed by atoms with Crippen molar-refractivity contribution in [3.8, 4) is 0 Å². The topological polar surface area (TPSA) is 90.9 Å². The fourth-order valence-electron chi connectivity index (χ4n) is 2.32. The van der Waals surface area contributed by atoms with Crippen LogP contribution in [0.25, 0.3) is 16.6 Å². The molecular weight excluding hydrogens is 311 g/mol. The van der Waals surface area contributed by atoms with Crippen molar-refractivity contribution in [1.82, 2.24) is 4.57 Å². The average Bonchev–Trinajstić information content (AvgIpc) is 2.77. The minimum atomic E-state index is -1.10. The summed E-state index contributed by atoms with van der Waals surface area (Å²) in [7, 11) is 0. The third-order valence-corrected chi connectivity index (χ3v) is 4.25. The second-order valence-electron chi connectivity index (χ2n) is 4.66. The Bertz CT molecular complexity index is 944. The first-order valence-corrected chi connectivity index (χ1v) is 7.82. The normalized spacial score (nSPS) is 11.5. The molecule has 0 amide bonds. The first-order valence-electron chi connectivity index (χ1n) is 6.67. The number of nitrogens with two attached hydrogens (primary N) is 1. The molecule has 0 bridgehead atoms. The summed E-state index contributed by atoms with van der Waals surface area (Å²) < 4.78 is 24.7. The lowest BCUT2D eigenvalue weighted by atomic mass is 10.1. The summed E-state index contributed by atoms with van der Waals surface area (Å²) in [6.45, 7) is 0.570. The van der Waals surface area contributed by atoms with Gasteiger partial charge in [0.2, 0.25) is 5.71 Å². The highest BCUT2D eigenvalue weighted by atomic mass is 32.2. The van der Waals surface area contributed by atoms with E-state index in [1.54, 1.807) is 11.8 Å². The lowest BCUT2D eigenvalue weighted by molar-refractivity contribution is 0.286. The number of halogens is 1. The Morgan fingerprint density at radius 1 is 1.23 bits per heavy atom. The van der Waals surface area contributed by atoms with Crippen molar-refractivity contribution in [2.45, 2.75) is 6.42 Å². The van der Waals surface area contributed by atoms with Gasteiger partial charge in [-0.05, 0) is 30.4 Å². The zero-order chi connectivity index (χ0) is 15.7. The molecule has 0 radical (unpaired) electrons. The highest BCUT2D eigenvalue weighted by Gasteiger charge is 2.18. The Labute approximate surface area is 127 Å². The second-order valence-corrected chi connectivity index (χ2v) is 5.88. The number of fused-ring (bicyclic) bond motifs is 3. The number of aromatic nitrogens is 1. The lowest BCUT2D eigenvalue weighted by Gasteiger charge is -1.99. The monoisotopic (exact) mass is 324 g/mol. The van der Waals surface area contributed by atoms with Crippen molar-refractivity contribution < 1.29 is 13.3 Å². The highest BCUT2D eigenvalue weighted by molar-refractivity contribution is 7.99. The molecule has 0 aliphatic rings. The summed E-state index contributed by atoms with van der Waals surface area (Å²) in [5.41, 5.74) is 4.52.